The van der Waals surface area contributed by atoms with Crippen LogP contribution in [0.4, 0.5) is 0 Å². The number of hydrogen-bond acceptors (Lipinski definition) is 8. The van der Waals surface area contributed by atoms with Crippen LogP contribution in [-0.2, 0) is 38.2 Å². The van der Waals surface area contributed by atoms with Gasteiger partial charge in [0.15, 0.2) is 0 Å². The lowest BCUT2D eigenvalue weighted by atomic mass is 10.3. The van der Waals surface area contributed by atoms with Gasteiger partial charge in [-0.05, 0) is 6.42 Å². The van der Waals surface area contributed by atoms with Crippen molar-refractivity contribution in [3.63, 3.8) is 0 Å². The van der Waals surface area contributed by atoms with Crippen molar-refractivity contribution >= 4 is 29.8 Å². The van der Waals surface area contributed by atoms with Gasteiger partial charge in [0.05, 0.1) is 32.3 Å². The Bertz CT molecular complexity index is 485. The van der Waals surface area contributed by atoms with Gasteiger partial charge in [0.25, 0.3) is 0 Å². The SMILES string of the molecule is CCC(=O)OC(CCCOC(=O)CCC(=O)O)OC(=O)CCC(=O)O. The van der Waals surface area contributed by atoms with Gasteiger partial charge in [-0.2, -0.15) is 0 Å². The fourth-order valence-corrected chi connectivity index (χ4v) is 1.50. The van der Waals surface area contributed by atoms with E-state index < -0.39 is 42.6 Å². The molecule has 0 amide bonds. The molecule has 0 spiro atoms. The quantitative estimate of drug-likeness (QED) is 0.274. The van der Waals surface area contributed by atoms with Gasteiger partial charge in [0, 0.05) is 12.8 Å². The number of rotatable bonds is 13. The second-order valence-electron chi connectivity index (χ2n) is 4.91. The minimum atomic E-state index is -1.20. The number of carboxylic acid groups (broad SMARTS) is 2. The van der Waals surface area contributed by atoms with Crippen LogP contribution in [0, 0.1) is 0 Å². The molecule has 0 aliphatic rings. The molecule has 0 saturated carbocycles. The van der Waals surface area contributed by atoms with Crippen LogP contribution in [0.2, 0.25) is 0 Å². The van der Waals surface area contributed by atoms with E-state index in [1.54, 1.807) is 6.92 Å². The summed E-state index contributed by atoms with van der Waals surface area (Å²) in [7, 11) is 0. The van der Waals surface area contributed by atoms with Crippen LogP contribution in [0.1, 0.15) is 51.9 Å². The van der Waals surface area contributed by atoms with Gasteiger partial charge in [-0.25, -0.2) is 0 Å². The molecule has 10 heteroatoms. The summed E-state index contributed by atoms with van der Waals surface area (Å²) in [6.45, 7) is 1.49. The Kier molecular flexibility index (Phi) is 11.4. The number of carboxylic acids is 2. The van der Waals surface area contributed by atoms with E-state index in [0.29, 0.717) is 0 Å². The maximum Gasteiger partial charge on any atom is 0.309 e. The molecule has 1 unspecified atom stereocenters. The summed E-state index contributed by atoms with van der Waals surface area (Å²) in [5.41, 5.74) is 0. The first-order valence-corrected chi connectivity index (χ1v) is 7.72. The first-order chi connectivity index (χ1) is 11.7. The van der Waals surface area contributed by atoms with Gasteiger partial charge in [-0.3, -0.25) is 24.0 Å². The molecule has 0 aromatic heterocycles. The summed E-state index contributed by atoms with van der Waals surface area (Å²) in [6, 6.07) is 0. The topological polar surface area (TPSA) is 154 Å². The molecule has 0 aliphatic heterocycles. The number of carbonyl (C=O) groups excluding carboxylic acids is 3. The third-order valence-electron chi connectivity index (χ3n) is 2.75. The smallest absolute Gasteiger partial charge is 0.309 e. The molecule has 0 heterocycles. The van der Waals surface area contributed by atoms with E-state index in [-0.39, 0.29) is 45.1 Å². The lowest BCUT2D eigenvalue weighted by Crippen LogP contribution is -2.25. The molecule has 0 rings (SSSR count). The number of ether oxygens (including phenoxy) is 3. The molecule has 0 saturated heterocycles. The fourth-order valence-electron chi connectivity index (χ4n) is 1.50. The van der Waals surface area contributed by atoms with E-state index >= 15 is 0 Å². The fraction of sp³-hybridized carbons (Fsp3) is 0.667. The Labute approximate surface area is 144 Å². The highest BCUT2D eigenvalue weighted by atomic mass is 16.7. The van der Waals surface area contributed by atoms with E-state index in [1.807, 2.05) is 0 Å². The second kappa shape index (κ2) is 12.7. The molecule has 142 valence electrons. The molecule has 0 bridgehead atoms. The normalized spacial score (nSPS) is 11.2. The van der Waals surface area contributed by atoms with E-state index in [2.05, 4.69) is 0 Å². The maximum absolute atomic E-state index is 11.5. The first-order valence-electron chi connectivity index (χ1n) is 7.72. The third-order valence-corrected chi connectivity index (χ3v) is 2.75. The van der Waals surface area contributed by atoms with Crippen molar-refractivity contribution in [1.29, 1.82) is 0 Å². The average molecular weight is 362 g/mol. The minimum absolute atomic E-state index is 0.0523. The standard InChI is InChI=1S/C15H22O10/c1-2-12(20)24-15(25-14(22)8-6-11(18)19)4-3-9-23-13(21)7-5-10(16)17/h15H,2-9H2,1H3,(H,16,17)(H,18,19). The van der Waals surface area contributed by atoms with Crippen molar-refractivity contribution in [3.05, 3.63) is 0 Å². The van der Waals surface area contributed by atoms with Gasteiger partial charge in [0.2, 0.25) is 6.29 Å². The zero-order valence-electron chi connectivity index (χ0n) is 13.9. The Morgan fingerprint density at radius 2 is 1.32 bits per heavy atom. The molecule has 0 radical (unpaired) electrons. The van der Waals surface area contributed by atoms with Crippen LogP contribution in [0.15, 0.2) is 0 Å². The molecule has 0 fully saturated rings. The molecule has 2 N–H and O–H groups in total. The lowest BCUT2D eigenvalue weighted by Gasteiger charge is -2.18. The van der Waals surface area contributed by atoms with E-state index in [0.717, 1.165) is 0 Å². The molecule has 0 aliphatic carbocycles. The third kappa shape index (κ3) is 13.5. The van der Waals surface area contributed by atoms with E-state index in [9.17, 15) is 24.0 Å². The Morgan fingerprint density at radius 1 is 0.800 bits per heavy atom. The summed E-state index contributed by atoms with van der Waals surface area (Å²) in [5, 5.41) is 16.9. The van der Waals surface area contributed by atoms with Crippen LogP contribution in [0.3, 0.4) is 0 Å². The molecule has 1 atom stereocenters. The molecule has 0 aromatic rings. The summed E-state index contributed by atoms with van der Waals surface area (Å²) in [6.07, 6.45) is -2.25. The van der Waals surface area contributed by atoms with Crippen LogP contribution < -0.4 is 0 Å². The maximum atomic E-state index is 11.5. The van der Waals surface area contributed by atoms with Crippen molar-refractivity contribution < 1.29 is 48.4 Å². The number of carbonyl (C=O) groups is 5. The summed E-state index contributed by atoms with van der Waals surface area (Å²) in [5.74, 6) is -4.38. The van der Waals surface area contributed by atoms with Crippen LogP contribution in [0.5, 0.6) is 0 Å². The van der Waals surface area contributed by atoms with E-state index in [4.69, 9.17) is 24.4 Å². The van der Waals surface area contributed by atoms with Gasteiger partial charge >= 0.3 is 29.8 Å². The number of hydrogen-bond donors (Lipinski definition) is 2. The van der Waals surface area contributed by atoms with E-state index in [1.165, 1.54) is 0 Å². The zero-order chi connectivity index (χ0) is 19.2. The summed E-state index contributed by atoms with van der Waals surface area (Å²) < 4.78 is 14.6. The monoisotopic (exact) mass is 362 g/mol. The predicted octanol–water partition coefficient (Wildman–Crippen LogP) is 0.862. The predicted molar refractivity (Wildman–Crippen MR) is 80.2 cm³/mol. The van der Waals surface area contributed by atoms with Crippen LogP contribution in [0.25, 0.3) is 0 Å². The Hall–Kier alpha value is -2.65. The van der Waals surface area contributed by atoms with Gasteiger partial charge in [0.1, 0.15) is 0 Å². The molecular weight excluding hydrogens is 340 g/mol. The highest BCUT2D eigenvalue weighted by Gasteiger charge is 2.19. The van der Waals surface area contributed by atoms with Crippen molar-refractivity contribution in [1.82, 2.24) is 0 Å². The van der Waals surface area contributed by atoms with Gasteiger partial charge in [-0.1, -0.05) is 6.92 Å². The summed E-state index contributed by atoms with van der Waals surface area (Å²) in [4.78, 5) is 54.8. The summed E-state index contributed by atoms with van der Waals surface area (Å²) >= 11 is 0. The molecule has 10 nitrogen and oxygen atoms in total. The number of esters is 3. The Morgan fingerprint density at radius 3 is 1.84 bits per heavy atom. The van der Waals surface area contributed by atoms with Gasteiger partial charge in [-0.15, -0.1) is 0 Å². The van der Waals surface area contributed by atoms with Crippen LogP contribution in [-0.4, -0.2) is 53.0 Å². The van der Waals surface area contributed by atoms with Crippen molar-refractivity contribution in [2.45, 2.75) is 58.2 Å². The second-order valence-corrected chi connectivity index (χ2v) is 4.91. The van der Waals surface area contributed by atoms with Crippen molar-refractivity contribution in [2.24, 2.45) is 0 Å². The zero-order valence-corrected chi connectivity index (χ0v) is 13.9. The highest BCUT2D eigenvalue weighted by Crippen LogP contribution is 2.09. The minimum Gasteiger partial charge on any atom is -0.481 e. The van der Waals surface area contributed by atoms with Crippen LogP contribution >= 0.6 is 0 Å². The molecule has 25 heavy (non-hydrogen) atoms. The highest BCUT2D eigenvalue weighted by molar-refractivity contribution is 5.77. The molecule has 0 aromatic carbocycles. The molecular formula is C15H22O10. The van der Waals surface area contributed by atoms with Crippen molar-refractivity contribution in [2.75, 3.05) is 6.61 Å². The first kappa shape index (κ1) is 22.4. The number of aliphatic carboxylic acids is 2. The average Bonchev–Trinajstić information content (AvgIpc) is 2.54. The largest absolute Gasteiger partial charge is 0.481 e. The lowest BCUT2D eigenvalue weighted by molar-refractivity contribution is -0.190. The Balaban J connectivity index is 4.24. The van der Waals surface area contributed by atoms with Crippen molar-refractivity contribution in [3.8, 4) is 0 Å². The van der Waals surface area contributed by atoms with Gasteiger partial charge < -0.3 is 24.4 Å².